The molecule has 0 bridgehead atoms. The molecule has 1 aliphatic carbocycles. The zero-order valence-corrected chi connectivity index (χ0v) is 17.8. The van der Waals surface area contributed by atoms with Gasteiger partial charge in [0.1, 0.15) is 5.75 Å². The predicted octanol–water partition coefficient (Wildman–Crippen LogP) is 6.77. The monoisotopic (exact) mass is 400 g/mol. The Bertz CT molecular complexity index is 949. The fourth-order valence-electron chi connectivity index (χ4n) is 4.66. The van der Waals surface area contributed by atoms with E-state index in [1.54, 1.807) is 12.1 Å². The molecule has 2 N–H and O–H groups in total. The van der Waals surface area contributed by atoms with Crippen molar-refractivity contribution in [3.05, 3.63) is 77.9 Å². The summed E-state index contributed by atoms with van der Waals surface area (Å²) in [5.74, 6) is 1.07. The molecule has 4 rings (SSSR count). The molecule has 1 fully saturated rings. The first kappa shape index (κ1) is 20.7. The number of phenolic OH excluding ortho intramolecular Hbond substituents is 1. The van der Waals surface area contributed by atoms with Crippen molar-refractivity contribution in [2.45, 2.75) is 58.0 Å². The highest BCUT2D eigenvalue weighted by Gasteiger charge is 2.19. The number of aliphatic hydroxyl groups is 1. The minimum absolute atomic E-state index is 0.0611. The summed E-state index contributed by atoms with van der Waals surface area (Å²) in [6.07, 6.45) is 7.56. The molecule has 0 aliphatic heterocycles. The van der Waals surface area contributed by atoms with E-state index < -0.39 is 0 Å². The molecule has 0 atom stereocenters. The molecule has 0 spiro atoms. The number of rotatable bonds is 6. The van der Waals surface area contributed by atoms with Crippen LogP contribution in [0.3, 0.4) is 0 Å². The molecule has 1 aliphatic rings. The van der Waals surface area contributed by atoms with E-state index in [1.807, 2.05) is 12.1 Å². The molecule has 2 nitrogen and oxygen atoms in total. The quantitative estimate of drug-likeness (QED) is 0.479. The SMILES string of the molecule is CCc1cc(-c2ccc(CCC3CCC(O)CC3)cc2)ccc1-c1ccc(O)cc1. The van der Waals surface area contributed by atoms with Gasteiger partial charge in [-0.25, -0.2) is 0 Å². The summed E-state index contributed by atoms with van der Waals surface area (Å²) in [5.41, 5.74) is 7.61. The van der Waals surface area contributed by atoms with Gasteiger partial charge in [-0.05, 0) is 96.4 Å². The van der Waals surface area contributed by atoms with Crippen LogP contribution >= 0.6 is 0 Å². The molecule has 30 heavy (non-hydrogen) atoms. The smallest absolute Gasteiger partial charge is 0.115 e. The second kappa shape index (κ2) is 9.49. The summed E-state index contributed by atoms with van der Waals surface area (Å²) in [5, 5.41) is 19.2. The van der Waals surface area contributed by atoms with Gasteiger partial charge in [-0.15, -0.1) is 0 Å². The van der Waals surface area contributed by atoms with Gasteiger partial charge in [0.15, 0.2) is 0 Å². The van der Waals surface area contributed by atoms with Crippen molar-refractivity contribution in [3.8, 4) is 28.0 Å². The number of aliphatic hydroxyl groups excluding tert-OH is 1. The minimum Gasteiger partial charge on any atom is -0.508 e. The lowest BCUT2D eigenvalue weighted by atomic mass is 9.84. The fraction of sp³-hybridized carbons (Fsp3) is 0.357. The maximum Gasteiger partial charge on any atom is 0.115 e. The van der Waals surface area contributed by atoms with Gasteiger partial charge in [0, 0.05) is 0 Å². The van der Waals surface area contributed by atoms with Gasteiger partial charge >= 0.3 is 0 Å². The summed E-state index contributed by atoms with van der Waals surface area (Å²) in [4.78, 5) is 0. The van der Waals surface area contributed by atoms with E-state index in [9.17, 15) is 10.2 Å². The summed E-state index contributed by atoms with van der Waals surface area (Å²) in [6, 6.07) is 23.2. The van der Waals surface area contributed by atoms with Crippen LogP contribution in [0.25, 0.3) is 22.3 Å². The first-order chi connectivity index (χ1) is 14.6. The molecular formula is C28H32O2. The molecule has 3 aromatic rings. The van der Waals surface area contributed by atoms with Crippen molar-refractivity contribution in [3.63, 3.8) is 0 Å². The number of phenols is 1. The highest BCUT2D eigenvalue weighted by molar-refractivity contribution is 5.74. The molecule has 1 saturated carbocycles. The van der Waals surface area contributed by atoms with E-state index in [0.717, 1.165) is 37.2 Å². The zero-order valence-electron chi connectivity index (χ0n) is 17.8. The molecule has 0 radical (unpaired) electrons. The number of hydrogen-bond acceptors (Lipinski definition) is 2. The standard InChI is InChI=1S/C28H32O2/c1-2-22-19-25(13-18-28(22)24-11-16-27(30)17-12-24)23-9-5-20(6-10-23)3-4-21-7-14-26(29)15-8-21/h5-6,9-13,16-19,21,26,29-30H,2-4,7-8,14-15H2,1H3. The van der Waals surface area contributed by atoms with Gasteiger partial charge in [0.05, 0.1) is 6.10 Å². The highest BCUT2D eigenvalue weighted by atomic mass is 16.3. The lowest BCUT2D eigenvalue weighted by molar-refractivity contribution is 0.106. The first-order valence-corrected chi connectivity index (χ1v) is 11.3. The summed E-state index contributed by atoms with van der Waals surface area (Å²) in [7, 11) is 0. The van der Waals surface area contributed by atoms with Crippen molar-refractivity contribution in [2.75, 3.05) is 0 Å². The van der Waals surface area contributed by atoms with Crippen LogP contribution in [-0.4, -0.2) is 16.3 Å². The van der Waals surface area contributed by atoms with Crippen molar-refractivity contribution >= 4 is 0 Å². The molecule has 156 valence electrons. The Morgan fingerprint density at radius 1 is 0.767 bits per heavy atom. The van der Waals surface area contributed by atoms with Crippen LogP contribution in [0.5, 0.6) is 5.75 Å². The Kier molecular flexibility index (Phi) is 6.54. The van der Waals surface area contributed by atoms with Crippen LogP contribution in [-0.2, 0) is 12.8 Å². The van der Waals surface area contributed by atoms with Crippen LogP contribution in [0.1, 0.15) is 50.2 Å². The third kappa shape index (κ3) is 4.94. The van der Waals surface area contributed by atoms with Gasteiger partial charge < -0.3 is 10.2 Å². The average Bonchev–Trinajstić information content (AvgIpc) is 2.79. The Morgan fingerprint density at radius 3 is 2.07 bits per heavy atom. The zero-order chi connectivity index (χ0) is 20.9. The second-order valence-corrected chi connectivity index (χ2v) is 8.68. The molecule has 0 saturated heterocycles. The third-order valence-electron chi connectivity index (χ3n) is 6.61. The van der Waals surface area contributed by atoms with Crippen molar-refractivity contribution in [1.82, 2.24) is 0 Å². The van der Waals surface area contributed by atoms with Crippen LogP contribution in [0.15, 0.2) is 66.7 Å². The maximum absolute atomic E-state index is 9.67. The number of hydrogen-bond donors (Lipinski definition) is 2. The molecule has 2 heteroatoms. The maximum atomic E-state index is 9.67. The molecule has 0 unspecified atom stereocenters. The van der Waals surface area contributed by atoms with E-state index in [-0.39, 0.29) is 6.10 Å². The predicted molar refractivity (Wildman–Crippen MR) is 125 cm³/mol. The van der Waals surface area contributed by atoms with Gasteiger partial charge in [-0.3, -0.25) is 0 Å². The van der Waals surface area contributed by atoms with E-state index in [1.165, 1.54) is 47.1 Å². The number of aryl methyl sites for hydroxylation is 2. The lowest BCUT2D eigenvalue weighted by Crippen LogP contribution is -2.18. The summed E-state index contributed by atoms with van der Waals surface area (Å²) < 4.78 is 0. The minimum atomic E-state index is -0.0611. The second-order valence-electron chi connectivity index (χ2n) is 8.68. The Hall–Kier alpha value is -2.58. The molecule has 0 heterocycles. The lowest BCUT2D eigenvalue weighted by Gasteiger charge is -2.25. The highest BCUT2D eigenvalue weighted by Crippen LogP contribution is 2.31. The van der Waals surface area contributed by atoms with Crippen molar-refractivity contribution in [1.29, 1.82) is 0 Å². The largest absolute Gasteiger partial charge is 0.508 e. The molecule has 0 aromatic heterocycles. The normalized spacial score (nSPS) is 19.0. The third-order valence-corrected chi connectivity index (χ3v) is 6.61. The van der Waals surface area contributed by atoms with Gasteiger partial charge in [-0.2, -0.15) is 0 Å². The summed E-state index contributed by atoms with van der Waals surface area (Å²) >= 11 is 0. The average molecular weight is 401 g/mol. The van der Waals surface area contributed by atoms with Crippen molar-refractivity contribution < 1.29 is 10.2 Å². The first-order valence-electron chi connectivity index (χ1n) is 11.3. The van der Waals surface area contributed by atoms with Crippen LogP contribution in [0, 0.1) is 5.92 Å². The Balaban J connectivity index is 1.45. The van der Waals surface area contributed by atoms with Crippen LogP contribution < -0.4 is 0 Å². The summed E-state index contributed by atoms with van der Waals surface area (Å²) in [6.45, 7) is 2.19. The fourth-order valence-corrected chi connectivity index (χ4v) is 4.66. The van der Waals surface area contributed by atoms with Crippen molar-refractivity contribution in [2.24, 2.45) is 5.92 Å². The van der Waals surface area contributed by atoms with Gasteiger partial charge in [-0.1, -0.05) is 61.5 Å². The number of benzene rings is 3. The van der Waals surface area contributed by atoms with E-state index in [4.69, 9.17) is 0 Å². The van der Waals surface area contributed by atoms with Gasteiger partial charge in [0.2, 0.25) is 0 Å². The molecule has 3 aromatic carbocycles. The topological polar surface area (TPSA) is 40.5 Å². The van der Waals surface area contributed by atoms with E-state index in [2.05, 4.69) is 49.4 Å². The number of aromatic hydroxyl groups is 1. The van der Waals surface area contributed by atoms with E-state index in [0.29, 0.717) is 5.75 Å². The van der Waals surface area contributed by atoms with Gasteiger partial charge in [0.25, 0.3) is 0 Å². The molecule has 0 amide bonds. The van der Waals surface area contributed by atoms with E-state index >= 15 is 0 Å². The van der Waals surface area contributed by atoms with Crippen LogP contribution in [0.4, 0.5) is 0 Å². The van der Waals surface area contributed by atoms with Crippen LogP contribution in [0.2, 0.25) is 0 Å². The Labute approximate surface area is 180 Å². The Morgan fingerprint density at radius 2 is 1.40 bits per heavy atom. The molecular weight excluding hydrogens is 368 g/mol.